The van der Waals surface area contributed by atoms with Gasteiger partial charge in [-0.15, -0.1) is 0 Å². The number of rotatable bonds is 0. The molecule has 0 spiro atoms. The van der Waals surface area contributed by atoms with Crippen LogP contribution in [-0.2, 0) is 25.7 Å². The van der Waals surface area contributed by atoms with Gasteiger partial charge in [-0.3, -0.25) is 0 Å². The highest BCUT2D eigenvalue weighted by atomic mass is 14.2. The topological polar surface area (TPSA) is 0 Å². The zero-order valence-electron chi connectivity index (χ0n) is 19.4. The second-order valence-corrected chi connectivity index (χ2v) is 10.4. The molecule has 4 aliphatic rings. The lowest BCUT2D eigenvalue weighted by molar-refractivity contribution is 1.29. The molecule has 0 atom stereocenters. The maximum Gasteiger partial charge on any atom is -0.00543 e. The van der Waals surface area contributed by atoms with Crippen molar-refractivity contribution in [1.29, 1.82) is 0 Å². The van der Waals surface area contributed by atoms with Crippen LogP contribution in [0, 0.1) is 0 Å². The maximum absolute atomic E-state index is 2.33. The van der Waals surface area contributed by atoms with Gasteiger partial charge in [-0.05, 0) is 118 Å². The van der Waals surface area contributed by atoms with Crippen LogP contribution < -0.4 is 20.9 Å². The van der Waals surface area contributed by atoms with Crippen LogP contribution in [0.3, 0.4) is 0 Å². The molecule has 0 amide bonds. The molecule has 0 aromatic heterocycles. The van der Waals surface area contributed by atoms with Gasteiger partial charge in [-0.1, -0.05) is 70.8 Å². The molecule has 8 rings (SSSR count). The van der Waals surface area contributed by atoms with Crippen LogP contribution in [-0.4, -0.2) is 0 Å². The fourth-order valence-corrected chi connectivity index (χ4v) is 6.81. The van der Waals surface area contributed by atoms with E-state index in [9.17, 15) is 0 Å². The molecule has 0 nitrogen and oxygen atoms in total. The quantitative estimate of drug-likeness (QED) is 0.396. The summed E-state index contributed by atoms with van der Waals surface area (Å²) in [6.07, 6.45) is 4.59. The Bertz CT molecular complexity index is 1580. The average molecular weight is 413 g/mol. The summed E-state index contributed by atoms with van der Waals surface area (Å²) in [5, 5.41) is 12.1. The van der Waals surface area contributed by atoms with Crippen LogP contribution >= 0.6 is 0 Å². The Morgan fingerprint density at radius 1 is 0.344 bits per heavy atom. The normalized spacial score (nSPS) is 16.6. The van der Waals surface area contributed by atoms with Crippen molar-refractivity contribution >= 4 is 43.8 Å². The molecule has 32 heavy (non-hydrogen) atoms. The SMILES string of the molecule is CC1=c2ccc3c4c(ccc(c24)C1)=C(C)C3.CC1=c2ccc3c4c(ccc(c24)C1)CC=3C. The third-order valence-corrected chi connectivity index (χ3v) is 8.33. The second-order valence-electron chi connectivity index (χ2n) is 10.4. The predicted molar refractivity (Wildman–Crippen MR) is 138 cm³/mol. The summed E-state index contributed by atoms with van der Waals surface area (Å²) >= 11 is 0. The molecule has 4 aromatic rings. The smallest absolute Gasteiger partial charge is 0.00543 e. The zero-order chi connectivity index (χ0) is 21.7. The van der Waals surface area contributed by atoms with E-state index < -0.39 is 0 Å². The molecule has 0 fully saturated rings. The molecule has 0 heteroatoms. The molecule has 0 aliphatic heterocycles. The highest BCUT2D eigenvalue weighted by Gasteiger charge is 2.20. The van der Waals surface area contributed by atoms with Gasteiger partial charge in [0.05, 0.1) is 0 Å². The van der Waals surface area contributed by atoms with Crippen LogP contribution in [0.1, 0.15) is 49.9 Å². The zero-order valence-corrected chi connectivity index (χ0v) is 19.4. The van der Waals surface area contributed by atoms with Crippen LogP contribution in [0.15, 0.2) is 48.5 Å². The van der Waals surface area contributed by atoms with Crippen molar-refractivity contribution in [3.05, 3.63) is 91.7 Å². The molecule has 0 bridgehead atoms. The van der Waals surface area contributed by atoms with E-state index in [-0.39, 0.29) is 0 Å². The number of hydrogen-bond donors (Lipinski definition) is 0. The third kappa shape index (κ3) is 2.28. The van der Waals surface area contributed by atoms with E-state index in [1.165, 1.54) is 65.4 Å². The van der Waals surface area contributed by atoms with E-state index >= 15 is 0 Å². The third-order valence-electron chi connectivity index (χ3n) is 8.33. The fourth-order valence-electron chi connectivity index (χ4n) is 6.81. The summed E-state index contributed by atoms with van der Waals surface area (Å²) in [7, 11) is 0. The molecular weight excluding hydrogens is 384 g/mol. The first-order chi connectivity index (χ1) is 15.5. The molecular formula is C32H28. The van der Waals surface area contributed by atoms with Gasteiger partial charge in [-0.25, -0.2) is 0 Å². The van der Waals surface area contributed by atoms with E-state index in [1.54, 1.807) is 21.5 Å². The molecule has 156 valence electrons. The summed E-state index contributed by atoms with van der Waals surface area (Å²) in [6.45, 7) is 9.07. The minimum Gasteiger partial charge on any atom is -0.0610 e. The maximum atomic E-state index is 2.33. The number of hydrogen-bond acceptors (Lipinski definition) is 0. The lowest BCUT2D eigenvalue weighted by Gasteiger charge is -2.02. The Kier molecular flexibility index (Phi) is 3.59. The first-order valence-electron chi connectivity index (χ1n) is 12.0. The Hall–Kier alpha value is -3.12. The largest absolute Gasteiger partial charge is 0.0610 e. The minimum atomic E-state index is 1.15. The van der Waals surface area contributed by atoms with Crippen molar-refractivity contribution in [1.82, 2.24) is 0 Å². The Labute approximate surface area is 188 Å². The van der Waals surface area contributed by atoms with Gasteiger partial charge in [0.2, 0.25) is 0 Å². The van der Waals surface area contributed by atoms with Crippen LogP contribution in [0.25, 0.3) is 43.8 Å². The minimum absolute atomic E-state index is 1.15. The molecule has 0 radical (unpaired) electrons. The van der Waals surface area contributed by atoms with Crippen molar-refractivity contribution in [2.24, 2.45) is 0 Å². The standard InChI is InChI=1S/2C16H14/c1-9-7-11-4-6-14-10(2)8-12-3-5-13(9)15(11)16(12)14;1-9-7-11-3-4-12-8-10(2)14-6-5-13(9)15(11)16(12)14/h2*3-6H,7-8H2,1-2H3. The second kappa shape index (κ2) is 6.23. The van der Waals surface area contributed by atoms with E-state index in [0.29, 0.717) is 0 Å². The van der Waals surface area contributed by atoms with Gasteiger partial charge in [0.15, 0.2) is 0 Å². The van der Waals surface area contributed by atoms with Crippen molar-refractivity contribution in [2.45, 2.75) is 53.4 Å². The van der Waals surface area contributed by atoms with E-state index in [4.69, 9.17) is 0 Å². The van der Waals surface area contributed by atoms with E-state index in [1.807, 2.05) is 0 Å². The van der Waals surface area contributed by atoms with Gasteiger partial charge in [-0.2, -0.15) is 0 Å². The van der Waals surface area contributed by atoms with Gasteiger partial charge in [0.25, 0.3) is 0 Å². The van der Waals surface area contributed by atoms with Crippen molar-refractivity contribution in [3.63, 3.8) is 0 Å². The summed E-state index contributed by atoms with van der Waals surface area (Å²) in [5.74, 6) is 0. The molecule has 0 unspecified atom stereocenters. The van der Waals surface area contributed by atoms with Crippen molar-refractivity contribution in [2.75, 3.05) is 0 Å². The first-order valence-corrected chi connectivity index (χ1v) is 12.0. The first kappa shape index (κ1) is 18.5. The Morgan fingerprint density at radius 3 is 0.844 bits per heavy atom. The van der Waals surface area contributed by atoms with Gasteiger partial charge >= 0.3 is 0 Å². The summed E-state index contributed by atoms with van der Waals surface area (Å²) < 4.78 is 0. The highest BCUT2D eigenvalue weighted by Crippen LogP contribution is 2.30. The van der Waals surface area contributed by atoms with Crippen LogP contribution in [0.2, 0.25) is 0 Å². The van der Waals surface area contributed by atoms with Crippen molar-refractivity contribution in [3.8, 4) is 0 Å². The fraction of sp³-hybridized carbons (Fsp3) is 0.250. The highest BCUT2D eigenvalue weighted by molar-refractivity contribution is 5.98. The molecule has 0 saturated heterocycles. The van der Waals surface area contributed by atoms with Gasteiger partial charge in [0, 0.05) is 0 Å². The summed E-state index contributed by atoms with van der Waals surface area (Å²) in [6, 6.07) is 18.6. The lowest BCUT2D eigenvalue weighted by atomic mass is 10.0. The van der Waals surface area contributed by atoms with Crippen LogP contribution in [0.4, 0.5) is 0 Å². The molecule has 0 N–H and O–H groups in total. The van der Waals surface area contributed by atoms with Gasteiger partial charge < -0.3 is 0 Å². The molecule has 4 aromatic carbocycles. The van der Waals surface area contributed by atoms with Gasteiger partial charge in [0.1, 0.15) is 0 Å². The van der Waals surface area contributed by atoms with E-state index in [2.05, 4.69) is 76.2 Å². The summed E-state index contributed by atoms with van der Waals surface area (Å²) in [5.41, 5.74) is 12.2. The predicted octanol–water partition coefficient (Wildman–Crippen LogP) is 4.59. The van der Waals surface area contributed by atoms with Crippen LogP contribution in [0.5, 0.6) is 0 Å². The number of benzene rings is 4. The van der Waals surface area contributed by atoms with E-state index in [0.717, 1.165) is 25.7 Å². The Morgan fingerprint density at radius 2 is 0.562 bits per heavy atom. The van der Waals surface area contributed by atoms with Crippen molar-refractivity contribution < 1.29 is 0 Å². The summed E-state index contributed by atoms with van der Waals surface area (Å²) in [4.78, 5) is 0. The molecule has 0 heterocycles. The molecule has 0 saturated carbocycles. The molecule has 4 aliphatic carbocycles. The average Bonchev–Trinajstić information content (AvgIpc) is 3.48. The Balaban J connectivity index is 0.000000113. The monoisotopic (exact) mass is 412 g/mol. The lowest BCUT2D eigenvalue weighted by Crippen LogP contribution is -2.10.